The number of unbranched alkanes of at least 4 members (excludes halogenated alkanes) is 10. The fourth-order valence-electron chi connectivity index (χ4n) is 2.11. The summed E-state index contributed by atoms with van der Waals surface area (Å²) in [4.78, 5) is 9.49. The number of hydrogen-bond acceptors (Lipinski definition) is 2. The molecule has 0 aromatic rings. The van der Waals surface area contributed by atoms with Gasteiger partial charge in [-0.3, -0.25) is 4.57 Å². The van der Waals surface area contributed by atoms with Gasteiger partial charge < -0.3 is 9.42 Å². The predicted molar refractivity (Wildman–Crippen MR) is 87.4 cm³/mol. The van der Waals surface area contributed by atoms with E-state index in [1.807, 2.05) is 0 Å². The van der Waals surface area contributed by atoms with E-state index >= 15 is 0 Å². The SMILES string of the molecule is CCCCCCCCCCCCCOP(=O)(O)C(C)C. The average Bonchev–Trinajstić information content (AvgIpc) is 2.39. The van der Waals surface area contributed by atoms with E-state index in [9.17, 15) is 9.46 Å². The third kappa shape index (κ3) is 11.9. The maximum absolute atomic E-state index is 11.5. The Morgan fingerprint density at radius 2 is 1.25 bits per heavy atom. The second kappa shape index (κ2) is 12.9. The Kier molecular flexibility index (Phi) is 13.0. The fourth-order valence-corrected chi connectivity index (χ4v) is 2.80. The second-order valence-electron chi connectivity index (χ2n) is 6.03. The molecule has 0 aliphatic rings. The van der Waals surface area contributed by atoms with E-state index in [1.165, 1.54) is 57.8 Å². The minimum absolute atomic E-state index is 0.296. The van der Waals surface area contributed by atoms with Crippen molar-refractivity contribution in [3.8, 4) is 0 Å². The van der Waals surface area contributed by atoms with Crippen LogP contribution in [0.25, 0.3) is 0 Å². The summed E-state index contributed by atoms with van der Waals surface area (Å²) in [5.74, 6) is 0. The Hall–Kier alpha value is 0.150. The van der Waals surface area contributed by atoms with Gasteiger partial charge in [-0.25, -0.2) is 0 Å². The minimum Gasteiger partial charge on any atom is -0.324 e. The minimum atomic E-state index is -3.34. The molecule has 0 spiro atoms. The van der Waals surface area contributed by atoms with E-state index in [1.54, 1.807) is 13.8 Å². The van der Waals surface area contributed by atoms with Gasteiger partial charge in [0.25, 0.3) is 0 Å². The number of hydrogen-bond donors (Lipinski definition) is 1. The molecule has 4 heteroatoms. The van der Waals surface area contributed by atoms with E-state index in [0.717, 1.165) is 12.8 Å². The molecule has 20 heavy (non-hydrogen) atoms. The molecule has 0 aromatic heterocycles. The number of rotatable bonds is 14. The standard InChI is InChI=1S/C16H35O3P/c1-4-5-6-7-8-9-10-11-12-13-14-15-19-20(17,18)16(2)3/h16H,4-15H2,1-3H3,(H,17,18). The Morgan fingerprint density at radius 1 is 0.850 bits per heavy atom. The largest absolute Gasteiger partial charge is 0.330 e. The first kappa shape index (κ1) is 20.1. The van der Waals surface area contributed by atoms with Gasteiger partial charge in [0.1, 0.15) is 0 Å². The van der Waals surface area contributed by atoms with Gasteiger partial charge in [-0.05, 0) is 6.42 Å². The molecule has 0 radical (unpaired) electrons. The molecule has 0 aliphatic heterocycles. The second-order valence-corrected chi connectivity index (χ2v) is 8.45. The van der Waals surface area contributed by atoms with Crippen molar-refractivity contribution in [1.82, 2.24) is 0 Å². The van der Waals surface area contributed by atoms with Gasteiger partial charge in [0.05, 0.1) is 12.3 Å². The summed E-state index contributed by atoms with van der Waals surface area (Å²) in [5.41, 5.74) is -0.296. The lowest BCUT2D eigenvalue weighted by atomic mass is 10.1. The van der Waals surface area contributed by atoms with E-state index in [0.29, 0.717) is 6.61 Å². The summed E-state index contributed by atoms with van der Waals surface area (Å²) in [6.07, 6.45) is 14.1. The van der Waals surface area contributed by atoms with Gasteiger partial charge in [-0.15, -0.1) is 0 Å². The summed E-state index contributed by atoms with van der Waals surface area (Å²) in [6.45, 7) is 6.12. The van der Waals surface area contributed by atoms with Crippen molar-refractivity contribution in [1.29, 1.82) is 0 Å². The first-order valence-corrected chi connectivity index (χ1v) is 10.1. The molecule has 0 saturated heterocycles. The highest BCUT2D eigenvalue weighted by molar-refractivity contribution is 7.53. The van der Waals surface area contributed by atoms with Crippen LogP contribution in [0.3, 0.4) is 0 Å². The van der Waals surface area contributed by atoms with Crippen LogP contribution in [0.4, 0.5) is 0 Å². The molecule has 0 amide bonds. The Labute approximate surface area is 126 Å². The predicted octanol–water partition coefficient (Wildman–Crippen LogP) is 5.91. The maximum Gasteiger partial charge on any atom is 0.330 e. The van der Waals surface area contributed by atoms with E-state index in [2.05, 4.69) is 6.92 Å². The van der Waals surface area contributed by atoms with E-state index in [-0.39, 0.29) is 5.66 Å². The smallest absolute Gasteiger partial charge is 0.324 e. The normalized spacial score (nSPS) is 14.7. The van der Waals surface area contributed by atoms with Crippen LogP contribution < -0.4 is 0 Å². The quantitative estimate of drug-likeness (QED) is 0.320. The molecule has 0 heterocycles. The Morgan fingerprint density at radius 3 is 1.65 bits per heavy atom. The molecular formula is C16H35O3P. The van der Waals surface area contributed by atoms with Crippen LogP contribution in [0, 0.1) is 0 Å². The lowest BCUT2D eigenvalue weighted by molar-refractivity contribution is 0.247. The van der Waals surface area contributed by atoms with Gasteiger partial charge in [0, 0.05) is 0 Å². The van der Waals surface area contributed by atoms with E-state index < -0.39 is 7.60 Å². The van der Waals surface area contributed by atoms with Crippen molar-refractivity contribution in [3.05, 3.63) is 0 Å². The third-order valence-electron chi connectivity index (χ3n) is 3.68. The van der Waals surface area contributed by atoms with Crippen molar-refractivity contribution in [2.24, 2.45) is 0 Å². The zero-order chi connectivity index (χ0) is 15.3. The van der Waals surface area contributed by atoms with Gasteiger partial charge >= 0.3 is 7.60 Å². The Bertz CT molecular complexity index is 254. The summed E-state index contributed by atoms with van der Waals surface area (Å²) in [5, 5.41) is 0. The van der Waals surface area contributed by atoms with Crippen LogP contribution in [0.1, 0.15) is 91.4 Å². The van der Waals surface area contributed by atoms with Crippen LogP contribution >= 0.6 is 7.60 Å². The lowest BCUT2D eigenvalue weighted by Crippen LogP contribution is -2.02. The van der Waals surface area contributed by atoms with Crippen molar-refractivity contribution >= 4 is 7.60 Å². The molecule has 3 nitrogen and oxygen atoms in total. The maximum atomic E-state index is 11.5. The molecule has 0 bridgehead atoms. The molecule has 0 aliphatic carbocycles. The van der Waals surface area contributed by atoms with Crippen molar-refractivity contribution in [2.45, 2.75) is 97.1 Å². The highest BCUT2D eigenvalue weighted by atomic mass is 31.2. The monoisotopic (exact) mass is 306 g/mol. The van der Waals surface area contributed by atoms with Gasteiger partial charge in [0.15, 0.2) is 0 Å². The van der Waals surface area contributed by atoms with Crippen LogP contribution in [0.5, 0.6) is 0 Å². The molecule has 0 rings (SSSR count). The molecule has 1 unspecified atom stereocenters. The molecule has 1 atom stereocenters. The van der Waals surface area contributed by atoms with Gasteiger partial charge in [0.2, 0.25) is 0 Å². The Balaban J connectivity index is 3.19. The van der Waals surface area contributed by atoms with E-state index in [4.69, 9.17) is 4.52 Å². The van der Waals surface area contributed by atoms with Crippen molar-refractivity contribution in [2.75, 3.05) is 6.61 Å². The van der Waals surface area contributed by atoms with Gasteiger partial charge in [-0.1, -0.05) is 85.0 Å². The molecule has 0 aromatic carbocycles. The molecule has 1 N–H and O–H groups in total. The molecule has 122 valence electrons. The fraction of sp³-hybridized carbons (Fsp3) is 1.00. The summed E-state index contributed by atoms with van der Waals surface area (Å²) in [7, 11) is -3.34. The highest BCUT2D eigenvalue weighted by Crippen LogP contribution is 2.46. The van der Waals surface area contributed by atoms with Crippen LogP contribution in [0.15, 0.2) is 0 Å². The molecule has 0 fully saturated rings. The highest BCUT2D eigenvalue weighted by Gasteiger charge is 2.23. The molecular weight excluding hydrogens is 271 g/mol. The third-order valence-corrected chi connectivity index (χ3v) is 5.53. The van der Waals surface area contributed by atoms with Crippen LogP contribution in [-0.4, -0.2) is 17.2 Å². The average molecular weight is 306 g/mol. The van der Waals surface area contributed by atoms with Crippen molar-refractivity contribution in [3.63, 3.8) is 0 Å². The topological polar surface area (TPSA) is 46.5 Å². The zero-order valence-electron chi connectivity index (χ0n) is 13.8. The molecule has 0 saturated carbocycles. The van der Waals surface area contributed by atoms with Crippen LogP contribution in [-0.2, 0) is 9.09 Å². The van der Waals surface area contributed by atoms with Crippen molar-refractivity contribution < 1.29 is 14.0 Å². The first-order chi connectivity index (χ1) is 9.50. The summed E-state index contributed by atoms with van der Waals surface area (Å²) in [6, 6.07) is 0. The first-order valence-electron chi connectivity index (χ1n) is 8.47. The summed E-state index contributed by atoms with van der Waals surface area (Å²) >= 11 is 0. The van der Waals surface area contributed by atoms with Gasteiger partial charge in [-0.2, -0.15) is 0 Å². The summed E-state index contributed by atoms with van der Waals surface area (Å²) < 4.78 is 16.6. The lowest BCUT2D eigenvalue weighted by Gasteiger charge is -2.15. The van der Waals surface area contributed by atoms with Crippen LogP contribution in [0.2, 0.25) is 0 Å². The zero-order valence-corrected chi connectivity index (χ0v) is 14.7.